The minimum absolute atomic E-state index is 0.0332. The fraction of sp³-hybridized carbons (Fsp3) is 0.619. The molecule has 0 bridgehead atoms. The molecule has 2 saturated heterocycles. The SMILES string of the molecule is CC(C)(C)N1CC(C(=O)N2CCC(C(=O)NCc3cccnc3)CC2)CC1=O. The zero-order valence-electron chi connectivity index (χ0n) is 17.0. The first kappa shape index (κ1) is 20.3. The first-order chi connectivity index (χ1) is 13.3. The van der Waals surface area contributed by atoms with Crippen molar-refractivity contribution in [3.8, 4) is 0 Å². The molecule has 7 heteroatoms. The van der Waals surface area contributed by atoms with E-state index < -0.39 is 0 Å². The summed E-state index contributed by atoms with van der Waals surface area (Å²) in [5.41, 5.74) is 0.712. The van der Waals surface area contributed by atoms with Gasteiger partial charge >= 0.3 is 0 Å². The zero-order chi connectivity index (χ0) is 20.3. The zero-order valence-corrected chi connectivity index (χ0v) is 17.0. The van der Waals surface area contributed by atoms with Gasteiger partial charge in [0.15, 0.2) is 0 Å². The van der Waals surface area contributed by atoms with Crippen molar-refractivity contribution in [2.45, 2.75) is 52.1 Å². The van der Waals surface area contributed by atoms with Crippen LogP contribution in [0.5, 0.6) is 0 Å². The maximum Gasteiger partial charge on any atom is 0.227 e. The largest absolute Gasteiger partial charge is 0.352 e. The lowest BCUT2D eigenvalue weighted by molar-refractivity contribution is -0.139. The normalized spacial score (nSPS) is 21.1. The van der Waals surface area contributed by atoms with Gasteiger partial charge in [0.05, 0.1) is 5.92 Å². The molecule has 0 saturated carbocycles. The number of aromatic nitrogens is 1. The Kier molecular flexibility index (Phi) is 6.01. The highest BCUT2D eigenvalue weighted by Crippen LogP contribution is 2.28. The Balaban J connectivity index is 1.46. The molecule has 152 valence electrons. The molecule has 2 fully saturated rings. The molecular weight excluding hydrogens is 356 g/mol. The summed E-state index contributed by atoms with van der Waals surface area (Å²) in [5, 5.41) is 2.96. The average Bonchev–Trinajstić information content (AvgIpc) is 3.08. The van der Waals surface area contributed by atoms with Gasteiger partial charge in [-0.15, -0.1) is 0 Å². The first-order valence-electron chi connectivity index (χ1n) is 10.0. The Morgan fingerprint density at radius 2 is 1.93 bits per heavy atom. The number of nitrogens with zero attached hydrogens (tertiary/aromatic N) is 3. The lowest BCUT2D eigenvalue weighted by atomic mass is 9.94. The number of piperidine rings is 1. The van der Waals surface area contributed by atoms with Gasteiger partial charge in [0.2, 0.25) is 17.7 Å². The molecule has 7 nitrogen and oxygen atoms in total. The summed E-state index contributed by atoms with van der Waals surface area (Å²) >= 11 is 0. The molecule has 28 heavy (non-hydrogen) atoms. The quantitative estimate of drug-likeness (QED) is 0.852. The summed E-state index contributed by atoms with van der Waals surface area (Å²) in [4.78, 5) is 45.2. The highest BCUT2D eigenvalue weighted by molar-refractivity contribution is 5.90. The first-order valence-corrected chi connectivity index (χ1v) is 10.0. The maximum atomic E-state index is 12.8. The molecule has 0 aromatic carbocycles. The van der Waals surface area contributed by atoms with E-state index in [1.807, 2.05) is 37.8 Å². The molecule has 0 radical (unpaired) electrons. The molecule has 2 aliphatic heterocycles. The number of hydrogen-bond donors (Lipinski definition) is 1. The van der Waals surface area contributed by atoms with E-state index in [0.717, 1.165) is 5.56 Å². The van der Waals surface area contributed by atoms with E-state index >= 15 is 0 Å². The van der Waals surface area contributed by atoms with Crippen molar-refractivity contribution in [3.05, 3.63) is 30.1 Å². The van der Waals surface area contributed by atoms with Gasteiger partial charge in [0, 0.05) is 56.5 Å². The summed E-state index contributed by atoms with van der Waals surface area (Å²) in [6.45, 7) is 8.09. The van der Waals surface area contributed by atoms with Gasteiger partial charge in [-0.1, -0.05) is 6.07 Å². The van der Waals surface area contributed by atoms with E-state index in [0.29, 0.717) is 45.4 Å². The van der Waals surface area contributed by atoms with E-state index in [9.17, 15) is 14.4 Å². The molecule has 1 aromatic heterocycles. The summed E-state index contributed by atoms with van der Waals surface area (Å²) in [5.74, 6) is -0.199. The van der Waals surface area contributed by atoms with Crippen molar-refractivity contribution < 1.29 is 14.4 Å². The molecule has 0 spiro atoms. The van der Waals surface area contributed by atoms with Crippen LogP contribution in [0.2, 0.25) is 0 Å². The monoisotopic (exact) mass is 386 g/mol. The van der Waals surface area contributed by atoms with Gasteiger partial charge in [-0.3, -0.25) is 19.4 Å². The molecule has 1 unspecified atom stereocenters. The Morgan fingerprint density at radius 1 is 1.21 bits per heavy atom. The van der Waals surface area contributed by atoms with Gasteiger partial charge in [-0.2, -0.15) is 0 Å². The molecule has 3 rings (SSSR count). The van der Waals surface area contributed by atoms with Gasteiger partial charge in [-0.05, 0) is 45.2 Å². The molecule has 1 aromatic rings. The molecule has 2 aliphatic rings. The highest BCUT2D eigenvalue weighted by Gasteiger charge is 2.41. The minimum atomic E-state index is -0.261. The average molecular weight is 386 g/mol. The molecule has 0 aliphatic carbocycles. The number of amides is 3. The standard InChI is InChI=1S/C21H30N4O3/c1-21(2,3)25-14-17(11-18(25)26)20(28)24-9-6-16(7-10-24)19(27)23-13-15-5-4-8-22-12-15/h4-5,8,12,16-17H,6-7,9-11,13-14H2,1-3H3,(H,23,27). The van der Waals surface area contributed by atoms with Gasteiger partial charge in [0.1, 0.15) is 0 Å². The van der Waals surface area contributed by atoms with Crippen molar-refractivity contribution in [1.29, 1.82) is 0 Å². The summed E-state index contributed by atoms with van der Waals surface area (Å²) in [6.07, 6.45) is 5.06. The summed E-state index contributed by atoms with van der Waals surface area (Å²) < 4.78 is 0. The van der Waals surface area contributed by atoms with Gasteiger partial charge in [-0.25, -0.2) is 0 Å². The number of rotatable bonds is 4. The van der Waals surface area contributed by atoms with Crippen molar-refractivity contribution in [2.24, 2.45) is 11.8 Å². The van der Waals surface area contributed by atoms with Crippen LogP contribution in [0, 0.1) is 11.8 Å². The highest BCUT2D eigenvalue weighted by atomic mass is 16.2. The van der Waals surface area contributed by atoms with E-state index in [4.69, 9.17) is 0 Å². The topological polar surface area (TPSA) is 82.6 Å². The third-order valence-electron chi connectivity index (χ3n) is 5.65. The molecular formula is C21H30N4O3. The van der Waals surface area contributed by atoms with E-state index in [1.165, 1.54) is 0 Å². The van der Waals surface area contributed by atoms with Crippen LogP contribution < -0.4 is 5.32 Å². The van der Waals surface area contributed by atoms with Gasteiger partial charge < -0.3 is 15.1 Å². The number of likely N-dealkylation sites (tertiary alicyclic amines) is 2. The van der Waals surface area contributed by atoms with Crippen LogP contribution in [0.1, 0.15) is 45.6 Å². The van der Waals surface area contributed by atoms with Crippen LogP contribution in [-0.2, 0) is 20.9 Å². The predicted octanol–water partition coefficient (Wildman–Crippen LogP) is 1.58. The third-order valence-corrected chi connectivity index (χ3v) is 5.65. The molecule has 1 N–H and O–H groups in total. The lowest BCUT2D eigenvalue weighted by Gasteiger charge is -2.34. The fourth-order valence-electron chi connectivity index (χ4n) is 3.98. The third kappa shape index (κ3) is 4.69. The van der Waals surface area contributed by atoms with Crippen LogP contribution in [-0.4, -0.2) is 57.7 Å². The van der Waals surface area contributed by atoms with E-state index in [2.05, 4.69) is 10.3 Å². The molecule has 3 amide bonds. The van der Waals surface area contributed by atoms with Crippen molar-refractivity contribution in [1.82, 2.24) is 20.1 Å². The fourth-order valence-corrected chi connectivity index (χ4v) is 3.98. The second-order valence-electron chi connectivity index (χ2n) is 8.75. The number of hydrogen-bond acceptors (Lipinski definition) is 4. The number of carbonyl (C=O) groups is 3. The Hall–Kier alpha value is -2.44. The maximum absolute atomic E-state index is 12.8. The Morgan fingerprint density at radius 3 is 2.50 bits per heavy atom. The predicted molar refractivity (Wildman–Crippen MR) is 105 cm³/mol. The smallest absolute Gasteiger partial charge is 0.227 e. The van der Waals surface area contributed by atoms with Crippen molar-refractivity contribution in [3.63, 3.8) is 0 Å². The van der Waals surface area contributed by atoms with E-state index in [1.54, 1.807) is 17.3 Å². The van der Waals surface area contributed by atoms with Crippen LogP contribution in [0.15, 0.2) is 24.5 Å². The van der Waals surface area contributed by atoms with Crippen LogP contribution >= 0.6 is 0 Å². The van der Waals surface area contributed by atoms with Crippen LogP contribution in [0.3, 0.4) is 0 Å². The lowest BCUT2D eigenvalue weighted by Crippen LogP contribution is -2.46. The van der Waals surface area contributed by atoms with Crippen molar-refractivity contribution in [2.75, 3.05) is 19.6 Å². The number of carbonyl (C=O) groups excluding carboxylic acids is 3. The van der Waals surface area contributed by atoms with E-state index in [-0.39, 0.29) is 35.1 Å². The van der Waals surface area contributed by atoms with Crippen LogP contribution in [0.4, 0.5) is 0 Å². The summed E-state index contributed by atoms with van der Waals surface area (Å²) in [7, 11) is 0. The minimum Gasteiger partial charge on any atom is -0.352 e. The van der Waals surface area contributed by atoms with Gasteiger partial charge in [0.25, 0.3) is 0 Å². The molecule has 1 atom stereocenters. The Bertz CT molecular complexity index is 721. The molecule has 3 heterocycles. The number of nitrogens with one attached hydrogen (secondary N) is 1. The van der Waals surface area contributed by atoms with Crippen LogP contribution in [0.25, 0.3) is 0 Å². The Labute approximate surface area is 166 Å². The summed E-state index contributed by atoms with van der Waals surface area (Å²) in [6, 6.07) is 3.78. The second kappa shape index (κ2) is 8.29. The van der Waals surface area contributed by atoms with Crippen molar-refractivity contribution >= 4 is 17.7 Å². The second-order valence-corrected chi connectivity index (χ2v) is 8.75. The number of pyridine rings is 1.